The smallest absolute Gasteiger partial charge is 0.131 e. The van der Waals surface area contributed by atoms with Crippen LogP contribution in [0.25, 0.3) is 0 Å². The summed E-state index contributed by atoms with van der Waals surface area (Å²) >= 11 is 0. The molecule has 0 fully saturated rings. The summed E-state index contributed by atoms with van der Waals surface area (Å²) < 4.78 is 24.9. The van der Waals surface area contributed by atoms with Crippen molar-refractivity contribution in [2.75, 3.05) is 0 Å². The number of hydrogen-bond donors (Lipinski definition) is 0. The van der Waals surface area contributed by atoms with Crippen molar-refractivity contribution in [3.63, 3.8) is 0 Å². The highest BCUT2D eigenvalue weighted by Gasteiger charge is 2.06. The molecule has 0 aromatic heterocycles. The zero-order valence-electron chi connectivity index (χ0n) is 7.98. The molecule has 0 radical (unpaired) electrons. The van der Waals surface area contributed by atoms with Gasteiger partial charge in [-0.25, -0.2) is 4.39 Å². The van der Waals surface area contributed by atoms with E-state index in [1.54, 1.807) is 24.3 Å². The van der Waals surface area contributed by atoms with E-state index in [1.807, 2.05) is 18.2 Å². The summed E-state index contributed by atoms with van der Waals surface area (Å²) in [5.74, 6) is -0.346. The van der Waals surface area contributed by atoms with Crippen molar-refractivity contribution in [3.8, 4) is 0 Å². The molecular formula is C12H10FOP. The fraction of sp³-hybridized carbons (Fsp3) is 0. The van der Waals surface area contributed by atoms with Crippen LogP contribution in [0.1, 0.15) is 0 Å². The van der Waals surface area contributed by atoms with Crippen molar-refractivity contribution in [2.45, 2.75) is 0 Å². The molecule has 0 N–H and O–H groups in total. The van der Waals surface area contributed by atoms with Crippen molar-refractivity contribution >= 4 is 18.4 Å². The highest BCUT2D eigenvalue weighted by atomic mass is 31.1. The van der Waals surface area contributed by atoms with Crippen LogP contribution < -0.4 is 10.6 Å². The number of rotatable bonds is 2. The summed E-state index contributed by atoms with van der Waals surface area (Å²) in [5.41, 5.74) is 0. The van der Waals surface area contributed by atoms with Gasteiger partial charge < -0.3 is 4.57 Å². The number of benzene rings is 2. The Morgan fingerprint density at radius 3 is 2.20 bits per heavy atom. The van der Waals surface area contributed by atoms with Gasteiger partial charge in [-0.1, -0.05) is 42.5 Å². The lowest BCUT2D eigenvalue weighted by molar-refractivity contribution is 0.597. The molecule has 1 nitrogen and oxygen atoms in total. The first kappa shape index (κ1) is 10.1. The molecule has 76 valence electrons. The number of hydrogen-bond acceptors (Lipinski definition) is 1. The summed E-state index contributed by atoms with van der Waals surface area (Å²) in [6, 6.07) is 15.1. The molecule has 15 heavy (non-hydrogen) atoms. The second-order valence-electron chi connectivity index (χ2n) is 3.21. The summed E-state index contributed by atoms with van der Waals surface area (Å²) in [5, 5.41) is 1.32. The average Bonchev–Trinajstić information content (AvgIpc) is 2.29. The van der Waals surface area contributed by atoms with E-state index >= 15 is 0 Å². The zero-order valence-corrected chi connectivity index (χ0v) is 8.98. The van der Waals surface area contributed by atoms with E-state index in [-0.39, 0.29) is 5.82 Å². The molecule has 1 atom stereocenters. The largest absolute Gasteiger partial charge is 0.317 e. The third-order valence-electron chi connectivity index (χ3n) is 2.12. The Morgan fingerprint density at radius 1 is 0.867 bits per heavy atom. The van der Waals surface area contributed by atoms with E-state index in [4.69, 9.17) is 0 Å². The van der Waals surface area contributed by atoms with Crippen LogP contribution in [0.15, 0.2) is 54.6 Å². The topological polar surface area (TPSA) is 17.1 Å². The first-order chi connectivity index (χ1) is 7.27. The Morgan fingerprint density at radius 2 is 1.53 bits per heavy atom. The van der Waals surface area contributed by atoms with Crippen LogP contribution >= 0.6 is 7.80 Å². The van der Waals surface area contributed by atoms with Gasteiger partial charge in [0.15, 0.2) is 0 Å². The standard InChI is InChI=1S/C12H10FOP/c13-10-5-4-8-12(9-10)15(14)11-6-2-1-3-7-11/h1-9,15H. The van der Waals surface area contributed by atoms with Crippen LogP contribution in [0, 0.1) is 5.82 Å². The van der Waals surface area contributed by atoms with E-state index in [1.165, 1.54) is 12.1 Å². The van der Waals surface area contributed by atoms with Crippen molar-refractivity contribution in [3.05, 3.63) is 60.4 Å². The molecule has 3 heteroatoms. The lowest BCUT2D eigenvalue weighted by Gasteiger charge is -2.01. The van der Waals surface area contributed by atoms with E-state index in [9.17, 15) is 8.96 Å². The van der Waals surface area contributed by atoms with Gasteiger partial charge in [-0.15, -0.1) is 0 Å². The highest BCUT2D eigenvalue weighted by Crippen LogP contribution is 2.19. The fourth-order valence-electron chi connectivity index (χ4n) is 1.39. The van der Waals surface area contributed by atoms with E-state index < -0.39 is 7.80 Å². The fourth-order valence-corrected chi connectivity index (χ4v) is 2.73. The minimum absolute atomic E-state index is 0.346. The van der Waals surface area contributed by atoms with Crippen LogP contribution in [0.2, 0.25) is 0 Å². The minimum atomic E-state index is -2.06. The van der Waals surface area contributed by atoms with Gasteiger partial charge in [0.05, 0.1) is 0 Å². The molecule has 0 saturated heterocycles. The van der Waals surface area contributed by atoms with Crippen LogP contribution in [-0.2, 0) is 4.57 Å². The van der Waals surface area contributed by atoms with Crippen LogP contribution in [0.5, 0.6) is 0 Å². The number of halogens is 1. The van der Waals surface area contributed by atoms with Crippen molar-refractivity contribution in [1.82, 2.24) is 0 Å². The quantitative estimate of drug-likeness (QED) is 0.710. The Kier molecular flexibility index (Phi) is 2.98. The van der Waals surface area contributed by atoms with Crippen molar-refractivity contribution in [1.29, 1.82) is 0 Å². The molecule has 0 bridgehead atoms. The molecule has 2 rings (SSSR count). The van der Waals surface area contributed by atoms with Crippen LogP contribution in [-0.4, -0.2) is 0 Å². The Hall–Kier alpha value is -1.40. The zero-order chi connectivity index (χ0) is 10.7. The van der Waals surface area contributed by atoms with E-state index in [0.29, 0.717) is 5.30 Å². The van der Waals surface area contributed by atoms with Gasteiger partial charge in [0.2, 0.25) is 0 Å². The average molecular weight is 220 g/mol. The molecule has 0 amide bonds. The third kappa shape index (κ3) is 2.34. The van der Waals surface area contributed by atoms with E-state index in [2.05, 4.69) is 0 Å². The predicted octanol–water partition coefficient (Wildman–Crippen LogP) is 2.34. The minimum Gasteiger partial charge on any atom is -0.317 e. The van der Waals surface area contributed by atoms with Gasteiger partial charge in [0, 0.05) is 10.6 Å². The van der Waals surface area contributed by atoms with Crippen molar-refractivity contribution < 1.29 is 8.96 Å². The molecule has 2 aromatic rings. The van der Waals surface area contributed by atoms with Crippen LogP contribution in [0.3, 0.4) is 0 Å². The maximum atomic E-state index is 12.9. The Balaban J connectivity index is 2.37. The van der Waals surface area contributed by atoms with E-state index in [0.717, 1.165) is 5.30 Å². The summed E-state index contributed by atoms with van der Waals surface area (Å²) in [4.78, 5) is 0. The molecular weight excluding hydrogens is 210 g/mol. The first-order valence-electron chi connectivity index (χ1n) is 4.63. The second-order valence-corrected chi connectivity index (χ2v) is 5.02. The maximum absolute atomic E-state index is 12.9. The van der Waals surface area contributed by atoms with Gasteiger partial charge in [0.25, 0.3) is 0 Å². The molecule has 0 aliphatic carbocycles. The SMILES string of the molecule is O=[PH](c1ccccc1)c1cccc(F)c1. The molecule has 0 aliphatic rings. The molecule has 0 spiro atoms. The van der Waals surface area contributed by atoms with Gasteiger partial charge in [0.1, 0.15) is 13.6 Å². The second kappa shape index (κ2) is 4.41. The summed E-state index contributed by atoms with van der Waals surface area (Å²) in [6.07, 6.45) is 0. The molecule has 2 aromatic carbocycles. The molecule has 0 saturated carbocycles. The summed E-state index contributed by atoms with van der Waals surface area (Å²) in [6.45, 7) is 0. The van der Waals surface area contributed by atoms with Gasteiger partial charge >= 0.3 is 0 Å². The Labute approximate surface area is 88.4 Å². The lowest BCUT2D eigenvalue weighted by Crippen LogP contribution is -2.06. The Bertz CT molecular complexity index is 482. The molecule has 1 unspecified atom stereocenters. The van der Waals surface area contributed by atoms with Gasteiger partial charge in [-0.05, 0) is 12.1 Å². The molecule has 0 aliphatic heterocycles. The highest BCUT2D eigenvalue weighted by molar-refractivity contribution is 7.61. The van der Waals surface area contributed by atoms with Crippen LogP contribution in [0.4, 0.5) is 4.39 Å². The monoisotopic (exact) mass is 220 g/mol. The molecule has 0 heterocycles. The summed E-state index contributed by atoms with van der Waals surface area (Å²) in [7, 11) is -2.06. The normalized spacial score (nSPS) is 12.3. The lowest BCUT2D eigenvalue weighted by atomic mass is 10.3. The first-order valence-corrected chi connectivity index (χ1v) is 6.03. The third-order valence-corrected chi connectivity index (χ3v) is 3.82. The maximum Gasteiger partial charge on any atom is 0.131 e. The van der Waals surface area contributed by atoms with Gasteiger partial charge in [-0.3, -0.25) is 0 Å². The van der Waals surface area contributed by atoms with Gasteiger partial charge in [-0.2, -0.15) is 0 Å². The van der Waals surface area contributed by atoms with Crippen molar-refractivity contribution in [2.24, 2.45) is 0 Å². The predicted molar refractivity (Wildman–Crippen MR) is 61.1 cm³/mol.